The molecule has 0 saturated carbocycles. The van der Waals surface area contributed by atoms with E-state index in [-0.39, 0.29) is 35.8 Å². The van der Waals surface area contributed by atoms with Gasteiger partial charge in [-0.05, 0) is 55.7 Å². The van der Waals surface area contributed by atoms with Crippen LogP contribution in [0, 0.1) is 12.7 Å². The Hall–Kier alpha value is -2.36. The van der Waals surface area contributed by atoms with E-state index in [0.717, 1.165) is 11.1 Å². The summed E-state index contributed by atoms with van der Waals surface area (Å²) in [5.74, 6) is 0.432. The van der Waals surface area contributed by atoms with Crippen LogP contribution in [0.3, 0.4) is 0 Å². The maximum Gasteiger partial charge on any atom is 0.411 e. The number of nitrogens with one attached hydrogen (secondary N) is 3. The topological polar surface area (TPSA) is 74.8 Å². The van der Waals surface area contributed by atoms with Crippen molar-refractivity contribution in [2.75, 3.05) is 19.0 Å². The number of guanidine groups is 1. The zero-order valence-corrected chi connectivity index (χ0v) is 19.4. The van der Waals surface area contributed by atoms with Crippen molar-refractivity contribution in [2.45, 2.75) is 33.4 Å². The van der Waals surface area contributed by atoms with Crippen LogP contribution < -0.4 is 16.0 Å². The van der Waals surface area contributed by atoms with Crippen LogP contribution in [0.15, 0.2) is 47.5 Å². The molecule has 0 spiro atoms. The van der Waals surface area contributed by atoms with Crippen LogP contribution in [0.4, 0.5) is 14.9 Å². The molecule has 0 radical (unpaired) electrons. The van der Waals surface area contributed by atoms with Crippen LogP contribution in [-0.2, 0) is 11.3 Å². The minimum atomic E-state index is -0.508. The standard InChI is InChI=1S/C21H27FN4O2.HI/c1-5-23-20(25-15(3)17-9-6-14(2)19(22)12-17)24-13-16-7-10-18(11-8-16)26-21(27)28-4;/h6-12,15H,5,13H2,1-4H3,(H,26,27)(H2,23,24,25);1H. The molecule has 2 rings (SSSR count). The molecule has 1 atom stereocenters. The van der Waals surface area contributed by atoms with Crippen LogP contribution in [-0.4, -0.2) is 25.7 Å². The molecule has 0 aliphatic carbocycles. The minimum absolute atomic E-state index is 0. The van der Waals surface area contributed by atoms with E-state index >= 15 is 0 Å². The number of aliphatic imine (C=N–C) groups is 1. The highest BCUT2D eigenvalue weighted by atomic mass is 127. The first-order valence-electron chi connectivity index (χ1n) is 9.17. The molecule has 0 bridgehead atoms. The molecule has 0 aromatic heterocycles. The lowest BCUT2D eigenvalue weighted by Crippen LogP contribution is -2.38. The van der Waals surface area contributed by atoms with E-state index in [0.29, 0.717) is 30.3 Å². The molecule has 2 aromatic rings. The lowest BCUT2D eigenvalue weighted by molar-refractivity contribution is 0.187. The molecule has 2 aromatic carbocycles. The van der Waals surface area contributed by atoms with Gasteiger partial charge in [-0.25, -0.2) is 14.2 Å². The fourth-order valence-corrected chi connectivity index (χ4v) is 2.52. The Kier molecular flexibility index (Phi) is 10.4. The van der Waals surface area contributed by atoms with Gasteiger partial charge in [0.15, 0.2) is 5.96 Å². The number of aryl methyl sites for hydroxylation is 1. The number of anilines is 1. The first kappa shape index (κ1) is 24.7. The molecule has 0 fully saturated rings. The maximum absolute atomic E-state index is 13.8. The van der Waals surface area contributed by atoms with Gasteiger partial charge >= 0.3 is 6.09 Å². The van der Waals surface area contributed by atoms with Gasteiger partial charge in [0.1, 0.15) is 5.82 Å². The summed E-state index contributed by atoms with van der Waals surface area (Å²) in [5.41, 5.74) is 3.12. The number of ether oxygens (including phenoxy) is 1. The zero-order chi connectivity index (χ0) is 20.5. The van der Waals surface area contributed by atoms with E-state index in [4.69, 9.17) is 0 Å². The summed E-state index contributed by atoms with van der Waals surface area (Å²) < 4.78 is 18.4. The van der Waals surface area contributed by atoms with Crippen LogP contribution in [0.1, 0.15) is 36.6 Å². The van der Waals surface area contributed by atoms with Crippen molar-refractivity contribution in [1.29, 1.82) is 0 Å². The van der Waals surface area contributed by atoms with Crippen molar-refractivity contribution in [3.8, 4) is 0 Å². The van der Waals surface area contributed by atoms with Gasteiger partial charge in [-0.15, -0.1) is 24.0 Å². The Balaban J connectivity index is 0.00000420. The van der Waals surface area contributed by atoms with Crippen molar-refractivity contribution in [2.24, 2.45) is 4.99 Å². The van der Waals surface area contributed by atoms with E-state index in [9.17, 15) is 9.18 Å². The number of nitrogens with zero attached hydrogens (tertiary/aromatic N) is 1. The molecule has 1 unspecified atom stereocenters. The Morgan fingerprint density at radius 1 is 1.21 bits per heavy atom. The fourth-order valence-electron chi connectivity index (χ4n) is 2.52. The quantitative estimate of drug-likeness (QED) is 0.296. The highest BCUT2D eigenvalue weighted by Gasteiger charge is 2.10. The van der Waals surface area contributed by atoms with E-state index in [1.54, 1.807) is 31.2 Å². The second-order valence-corrected chi connectivity index (χ2v) is 6.38. The van der Waals surface area contributed by atoms with Crippen molar-refractivity contribution >= 4 is 41.7 Å². The Morgan fingerprint density at radius 3 is 2.48 bits per heavy atom. The number of carbonyl (C=O) groups excluding carboxylic acids is 1. The van der Waals surface area contributed by atoms with E-state index in [1.165, 1.54) is 7.11 Å². The summed E-state index contributed by atoms with van der Waals surface area (Å²) in [5, 5.41) is 9.10. The normalized spacial score (nSPS) is 11.8. The molecule has 0 heterocycles. The van der Waals surface area contributed by atoms with Crippen LogP contribution in [0.5, 0.6) is 0 Å². The average molecular weight is 514 g/mol. The van der Waals surface area contributed by atoms with E-state index in [2.05, 4.69) is 25.7 Å². The lowest BCUT2D eigenvalue weighted by Gasteiger charge is -2.18. The second-order valence-electron chi connectivity index (χ2n) is 6.38. The van der Waals surface area contributed by atoms with Gasteiger partial charge in [0.2, 0.25) is 0 Å². The van der Waals surface area contributed by atoms with Gasteiger partial charge < -0.3 is 15.4 Å². The fraction of sp³-hybridized carbons (Fsp3) is 0.333. The molecule has 1 amide bonds. The molecular formula is C21H28FIN4O2. The minimum Gasteiger partial charge on any atom is -0.453 e. The first-order valence-corrected chi connectivity index (χ1v) is 9.17. The zero-order valence-electron chi connectivity index (χ0n) is 17.1. The predicted molar refractivity (Wildman–Crippen MR) is 125 cm³/mol. The molecule has 8 heteroatoms. The summed E-state index contributed by atoms with van der Waals surface area (Å²) in [6.07, 6.45) is -0.508. The number of halogens is 2. The smallest absolute Gasteiger partial charge is 0.411 e. The monoisotopic (exact) mass is 514 g/mol. The molecule has 158 valence electrons. The van der Waals surface area contributed by atoms with Crippen molar-refractivity contribution < 1.29 is 13.9 Å². The van der Waals surface area contributed by atoms with Gasteiger partial charge in [-0.1, -0.05) is 24.3 Å². The second kappa shape index (κ2) is 12.3. The Labute approximate surface area is 188 Å². The number of hydrogen-bond acceptors (Lipinski definition) is 3. The number of amides is 1. The predicted octanol–water partition coefficient (Wildman–Crippen LogP) is 4.75. The third-order valence-electron chi connectivity index (χ3n) is 4.20. The SMILES string of the molecule is CCNC(=NCc1ccc(NC(=O)OC)cc1)NC(C)c1ccc(C)c(F)c1.I. The van der Waals surface area contributed by atoms with Gasteiger partial charge in [0.25, 0.3) is 0 Å². The van der Waals surface area contributed by atoms with E-state index in [1.807, 2.05) is 32.0 Å². The van der Waals surface area contributed by atoms with Crippen LogP contribution in [0.25, 0.3) is 0 Å². The molecule has 6 nitrogen and oxygen atoms in total. The number of carbonyl (C=O) groups is 1. The molecule has 0 aliphatic rings. The van der Waals surface area contributed by atoms with Crippen LogP contribution in [0.2, 0.25) is 0 Å². The summed E-state index contributed by atoms with van der Waals surface area (Å²) >= 11 is 0. The number of methoxy groups -OCH3 is 1. The lowest BCUT2D eigenvalue weighted by atomic mass is 10.1. The number of hydrogen-bond donors (Lipinski definition) is 3. The molecular weight excluding hydrogens is 486 g/mol. The van der Waals surface area contributed by atoms with Gasteiger partial charge in [-0.2, -0.15) is 0 Å². The molecule has 0 saturated heterocycles. The highest BCUT2D eigenvalue weighted by Crippen LogP contribution is 2.16. The largest absolute Gasteiger partial charge is 0.453 e. The van der Waals surface area contributed by atoms with Gasteiger partial charge in [0.05, 0.1) is 19.7 Å². The van der Waals surface area contributed by atoms with E-state index < -0.39 is 6.09 Å². The maximum atomic E-state index is 13.8. The first-order chi connectivity index (χ1) is 13.4. The average Bonchev–Trinajstić information content (AvgIpc) is 2.69. The van der Waals surface area contributed by atoms with Crippen molar-refractivity contribution in [3.05, 3.63) is 65.0 Å². The highest BCUT2D eigenvalue weighted by molar-refractivity contribution is 14.0. The third-order valence-corrected chi connectivity index (χ3v) is 4.20. The third kappa shape index (κ3) is 7.88. The van der Waals surface area contributed by atoms with Gasteiger partial charge in [-0.3, -0.25) is 5.32 Å². The van der Waals surface area contributed by atoms with Crippen LogP contribution >= 0.6 is 24.0 Å². The van der Waals surface area contributed by atoms with Crippen molar-refractivity contribution in [3.63, 3.8) is 0 Å². The summed E-state index contributed by atoms with van der Waals surface area (Å²) in [6, 6.07) is 12.5. The van der Waals surface area contributed by atoms with Crippen molar-refractivity contribution in [1.82, 2.24) is 10.6 Å². The molecule has 29 heavy (non-hydrogen) atoms. The summed E-state index contributed by atoms with van der Waals surface area (Å²) in [4.78, 5) is 15.8. The number of rotatable bonds is 6. The number of benzene rings is 2. The molecule has 3 N–H and O–H groups in total. The summed E-state index contributed by atoms with van der Waals surface area (Å²) in [6.45, 7) is 6.87. The molecule has 0 aliphatic heterocycles. The summed E-state index contributed by atoms with van der Waals surface area (Å²) in [7, 11) is 1.32. The Bertz CT molecular complexity index is 828. The Morgan fingerprint density at radius 2 is 1.90 bits per heavy atom. The van der Waals surface area contributed by atoms with Gasteiger partial charge in [0, 0.05) is 12.2 Å².